The average Bonchev–Trinajstić information content (AvgIpc) is 2.45. The van der Waals surface area contributed by atoms with Gasteiger partial charge in [0, 0.05) is 0 Å². The van der Waals surface area contributed by atoms with E-state index in [4.69, 9.17) is 4.74 Å². The highest BCUT2D eigenvalue weighted by Crippen LogP contribution is 2.32. The maximum atomic E-state index is 13.1. The normalized spacial score (nSPS) is 12.2. The highest BCUT2D eigenvalue weighted by molar-refractivity contribution is 9.10. The van der Waals surface area contributed by atoms with E-state index >= 15 is 0 Å². The zero-order valence-corrected chi connectivity index (χ0v) is 13.7. The summed E-state index contributed by atoms with van der Waals surface area (Å²) < 4.78 is 19.5. The molecule has 2 rings (SSSR count). The first kappa shape index (κ1) is 16.0. The molecule has 2 nitrogen and oxygen atoms in total. The molecule has 0 amide bonds. The van der Waals surface area contributed by atoms with Gasteiger partial charge < -0.3 is 9.84 Å². The van der Waals surface area contributed by atoms with Gasteiger partial charge in [-0.15, -0.1) is 0 Å². The smallest absolute Gasteiger partial charge is 0.133 e. The molecule has 0 bridgehead atoms. The van der Waals surface area contributed by atoms with Crippen molar-refractivity contribution >= 4 is 15.9 Å². The lowest BCUT2D eigenvalue weighted by Crippen LogP contribution is -2.03. The molecule has 0 aliphatic carbocycles. The van der Waals surface area contributed by atoms with Gasteiger partial charge in [-0.2, -0.15) is 0 Å². The van der Waals surface area contributed by atoms with E-state index in [1.807, 2.05) is 25.1 Å². The van der Waals surface area contributed by atoms with Crippen molar-refractivity contribution in [2.45, 2.75) is 26.4 Å². The van der Waals surface area contributed by atoms with Crippen LogP contribution in [0.3, 0.4) is 0 Å². The topological polar surface area (TPSA) is 29.5 Å². The van der Waals surface area contributed by atoms with Gasteiger partial charge >= 0.3 is 0 Å². The van der Waals surface area contributed by atoms with Crippen LogP contribution in [0.2, 0.25) is 0 Å². The number of aliphatic hydroxyl groups is 1. The molecule has 112 valence electrons. The second-order valence-corrected chi connectivity index (χ2v) is 5.80. The minimum atomic E-state index is -0.790. The van der Waals surface area contributed by atoms with Crippen molar-refractivity contribution in [2.24, 2.45) is 0 Å². The van der Waals surface area contributed by atoms with E-state index in [0.29, 0.717) is 12.2 Å². The van der Waals surface area contributed by atoms with E-state index in [9.17, 15) is 9.50 Å². The minimum Gasteiger partial charge on any atom is -0.492 e. The molecular formula is C17H18BrFO2. The summed E-state index contributed by atoms with van der Waals surface area (Å²) in [5, 5.41) is 10.5. The van der Waals surface area contributed by atoms with Crippen LogP contribution in [0.15, 0.2) is 40.9 Å². The fourth-order valence-corrected chi connectivity index (χ4v) is 2.65. The molecule has 2 aromatic carbocycles. The number of hydrogen-bond acceptors (Lipinski definition) is 2. The van der Waals surface area contributed by atoms with Crippen LogP contribution >= 0.6 is 15.9 Å². The third-order valence-electron chi connectivity index (χ3n) is 3.26. The van der Waals surface area contributed by atoms with Crippen molar-refractivity contribution in [1.82, 2.24) is 0 Å². The summed E-state index contributed by atoms with van der Waals surface area (Å²) in [5.41, 5.74) is 2.16. The van der Waals surface area contributed by atoms with Crippen molar-refractivity contribution < 1.29 is 14.2 Å². The molecule has 0 saturated heterocycles. The van der Waals surface area contributed by atoms with Crippen LogP contribution in [0, 0.1) is 12.7 Å². The van der Waals surface area contributed by atoms with Crippen LogP contribution < -0.4 is 4.74 Å². The fraction of sp³-hybridized carbons (Fsp3) is 0.294. The van der Waals surface area contributed by atoms with Crippen LogP contribution in [-0.2, 0) is 0 Å². The Labute approximate surface area is 132 Å². The van der Waals surface area contributed by atoms with Crippen molar-refractivity contribution in [3.63, 3.8) is 0 Å². The molecule has 0 fully saturated rings. The zero-order valence-electron chi connectivity index (χ0n) is 12.1. The summed E-state index contributed by atoms with van der Waals surface area (Å²) in [6.45, 7) is 4.48. The summed E-state index contributed by atoms with van der Waals surface area (Å²) >= 11 is 3.45. The largest absolute Gasteiger partial charge is 0.492 e. The van der Waals surface area contributed by atoms with Gasteiger partial charge in [-0.05, 0) is 70.2 Å². The lowest BCUT2D eigenvalue weighted by atomic mass is 9.97. The Kier molecular flexibility index (Phi) is 5.37. The summed E-state index contributed by atoms with van der Waals surface area (Å²) in [7, 11) is 0. The third kappa shape index (κ3) is 3.83. The van der Waals surface area contributed by atoms with Crippen LogP contribution in [0.5, 0.6) is 5.75 Å². The Hall–Kier alpha value is -1.39. The van der Waals surface area contributed by atoms with E-state index in [2.05, 4.69) is 15.9 Å². The summed E-state index contributed by atoms with van der Waals surface area (Å²) in [6.07, 6.45) is 0.146. The summed E-state index contributed by atoms with van der Waals surface area (Å²) in [6, 6.07) is 9.88. The minimum absolute atomic E-state index is 0.298. The predicted octanol–water partition coefficient (Wildman–Crippen LogP) is 4.77. The molecule has 1 N–H and O–H groups in total. The van der Waals surface area contributed by atoms with Gasteiger partial charge in [0.05, 0.1) is 11.1 Å². The van der Waals surface area contributed by atoms with Gasteiger partial charge in [0.15, 0.2) is 0 Å². The number of hydrogen-bond donors (Lipinski definition) is 1. The zero-order chi connectivity index (χ0) is 15.4. The molecule has 4 heteroatoms. The number of aryl methyl sites for hydroxylation is 1. The second-order valence-electron chi connectivity index (χ2n) is 4.94. The molecule has 21 heavy (non-hydrogen) atoms. The molecule has 0 aliphatic heterocycles. The molecule has 0 heterocycles. The van der Waals surface area contributed by atoms with Crippen LogP contribution in [0.25, 0.3) is 0 Å². The monoisotopic (exact) mass is 352 g/mol. The van der Waals surface area contributed by atoms with Crippen molar-refractivity contribution in [3.05, 3.63) is 63.4 Å². The molecule has 0 saturated carbocycles. The average molecular weight is 353 g/mol. The lowest BCUT2D eigenvalue weighted by molar-refractivity contribution is 0.219. The standard InChI is InChI=1S/C17H18BrFO2/c1-3-8-21-16-7-4-12(10-15(16)18)17(20)14-6-5-13(19)9-11(14)2/h4-7,9-10,17,20H,3,8H2,1-2H3. The van der Waals surface area contributed by atoms with Gasteiger partial charge in [-0.25, -0.2) is 4.39 Å². The third-order valence-corrected chi connectivity index (χ3v) is 3.88. The van der Waals surface area contributed by atoms with Gasteiger partial charge in [0.25, 0.3) is 0 Å². The van der Waals surface area contributed by atoms with Crippen LogP contribution in [-0.4, -0.2) is 11.7 Å². The maximum absolute atomic E-state index is 13.1. The first-order valence-electron chi connectivity index (χ1n) is 6.89. The maximum Gasteiger partial charge on any atom is 0.133 e. The quantitative estimate of drug-likeness (QED) is 0.839. The number of rotatable bonds is 5. The number of benzene rings is 2. The molecule has 0 aliphatic rings. The Balaban J connectivity index is 2.27. The molecule has 1 atom stereocenters. The predicted molar refractivity (Wildman–Crippen MR) is 85.1 cm³/mol. The van der Waals surface area contributed by atoms with Gasteiger partial charge in [0.1, 0.15) is 17.7 Å². The second kappa shape index (κ2) is 7.05. The number of ether oxygens (including phenoxy) is 1. The molecule has 0 aromatic heterocycles. The van der Waals surface area contributed by atoms with E-state index in [-0.39, 0.29) is 5.82 Å². The van der Waals surface area contributed by atoms with Crippen molar-refractivity contribution in [1.29, 1.82) is 0 Å². The number of aliphatic hydroxyl groups excluding tert-OH is 1. The molecule has 0 spiro atoms. The molecular weight excluding hydrogens is 335 g/mol. The fourth-order valence-electron chi connectivity index (χ4n) is 2.14. The first-order valence-corrected chi connectivity index (χ1v) is 7.68. The Morgan fingerprint density at radius 1 is 1.24 bits per heavy atom. The number of halogens is 2. The van der Waals surface area contributed by atoms with Gasteiger partial charge in [-0.3, -0.25) is 0 Å². The van der Waals surface area contributed by atoms with E-state index in [1.54, 1.807) is 13.0 Å². The van der Waals surface area contributed by atoms with E-state index < -0.39 is 6.10 Å². The van der Waals surface area contributed by atoms with Crippen LogP contribution in [0.1, 0.15) is 36.1 Å². The lowest BCUT2D eigenvalue weighted by Gasteiger charge is -2.16. The molecule has 0 radical (unpaired) electrons. The summed E-state index contributed by atoms with van der Waals surface area (Å²) in [4.78, 5) is 0. The van der Waals surface area contributed by atoms with E-state index in [1.165, 1.54) is 12.1 Å². The molecule has 1 unspecified atom stereocenters. The summed E-state index contributed by atoms with van der Waals surface area (Å²) in [5.74, 6) is 0.455. The first-order chi connectivity index (χ1) is 10.0. The molecule has 2 aromatic rings. The Morgan fingerprint density at radius 3 is 2.62 bits per heavy atom. The van der Waals surface area contributed by atoms with Crippen molar-refractivity contribution in [3.8, 4) is 5.75 Å². The SMILES string of the molecule is CCCOc1ccc(C(O)c2ccc(F)cc2C)cc1Br. The Bertz CT molecular complexity index is 628. The highest BCUT2D eigenvalue weighted by atomic mass is 79.9. The van der Waals surface area contributed by atoms with Gasteiger partial charge in [0.2, 0.25) is 0 Å². The van der Waals surface area contributed by atoms with Crippen LogP contribution in [0.4, 0.5) is 4.39 Å². The Morgan fingerprint density at radius 2 is 2.00 bits per heavy atom. The van der Waals surface area contributed by atoms with Crippen molar-refractivity contribution in [2.75, 3.05) is 6.61 Å². The van der Waals surface area contributed by atoms with E-state index in [0.717, 1.165) is 27.8 Å². The van der Waals surface area contributed by atoms with Gasteiger partial charge in [-0.1, -0.05) is 19.1 Å². The highest BCUT2D eigenvalue weighted by Gasteiger charge is 2.15.